The number of nitrogens with zero attached hydrogens (tertiary/aromatic N) is 1. The van der Waals surface area contributed by atoms with Gasteiger partial charge in [0.25, 0.3) is 5.91 Å². The number of carbonyl (C=O) groups is 3. The molecule has 6 nitrogen and oxygen atoms in total. The third-order valence-electron chi connectivity index (χ3n) is 3.37. The summed E-state index contributed by atoms with van der Waals surface area (Å²) in [7, 11) is 1.82. The van der Waals surface area contributed by atoms with Gasteiger partial charge in [0.15, 0.2) is 0 Å². The molecule has 1 aromatic rings. The molecule has 2 N–H and O–H groups in total. The summed E-state index contributed by atoms with van der Waals surface area (Å²) >= 11 is 0. The largest absolute Gasteiger partial charge is 0.351 e. The molecule has 22 heavy (non-hydrogen) atoms. The molecule has 0 spiro atoms. The Labute approximate surface area is 135 Å². The fourth-order valence-corrected chi connectivity index (χ4v) is 2.15. The van der Waals surface area contributed by atoms with Crippen LogP contribution in [0.2, 0.25) is 0 Å². The Morgan fingerprint density at radius 3 is 2.23 bits per heavy atom. The lowest BCUT2D eigenvalue weighted by atomic mass is 10.1. The topological polar surface area (TPSA) is 78.5 Å². The average Bonchev–Trinajstić information content (AvgIpc) is 2.80. The van der Waals surface area contributed by atoms with Crippen LogP contribution in [-0.2, 0) is 16.1 Å². The quantitative estimate of drug-likeness (QED) is 0.596. The van der Waals surface area contributed by atoms with Crippen molar-refractivity contribution in [2.45, 2.75) is 19.4 Å². The zero-order valence-corrected chi connectivity index (χ0v) is 13.2. The lowest BCUT2D eigenvalue weighted by molar-refractivity contribution is -0.139. The molecule has 0 bridgehead atoms. The molecule has 0 aromatic heterocycles. The number of likely N-dealkylation sites (tertiary alicyclic amines) is 1. The Balaban J connectivity index is 0.00000242. The molecule has 1 fully saturated rings. The molecule has 2 rings (SSSR count). The molecule has 0 saturated carbocycles. The van der Waals surface area contributed by atoms with Gasteiger partial charge in [-0.05, 0) is 24.7 Å². The van der Waals surface area contributed by atoms with Gasteiger partial charge in [-0.3, -0.25) is 19.3 Å². The number of likely N-dealkylation sites (N-methyl/N-ethyl adjacent to an activating group) is 1. The summed E-state index contributed by atoms with van der Waals surface area (Å²) in [6.45, 7) is 1.55. The van der Waals surface area contributed by atoms with Gasteiger partial charge in [-0.2, -0.15) is 0 Å². The molecule has 1 aliphatic rings. The van der Waals surface area contributed by atoms with E-state index in [1.54, 1.807) is 24.3 Å². The molecule has 0 unspecified atom stereocenters. The van der Waals surface area contributed by atoms with Gasteiger partial charge in [-0.15, -0.1) is 12.4 Å². The van der Waals surface area contributed by atoms with Crippen LogP contribution in [-0.4, -0.2) is 42.8 Å². The summed E-state index contributed by atoms with van der Waals surface area (Å²) < 4.78 is 0. The number of nitrogens with one attached hydrogen (secondary N) is 2. The smallest absolute Gasteiger partial charge is 0.251 e. The number of imide groups is 1. The van der Waals surface area contributed by atoms with Crippen LogP contribution in [0.1, 0.15) is 28.8 Å². The van der Waals surface area contributed by atoms with E-state index in [0.29, 0.717) is 31.5 Å². The number of rotatable bonds is 6. The highest BCUT2D eigenvalue weighted by atomic mass is 35.5. The minimum absolute atomic E-state index is 0. The molecule has 7 heteroatoms. The molecule has 120 valence electrons. The minimum atomic E-state index is -0.134. The van der Waals surface area contributed by atoms with Crippen LogP contribution in [0.3, 0.4) is 0 Å². The van der Waals surface area contributed by atoms with Crippen LogP contribution in [0.25, 0.3) is 0 Å². The van der Waals surface area contributed by atoms with E-state index in [9.17, 15) is 14.4 Å². The summed E-state index contributed by atoms with van der Waals surface area (Å²) in [5.74, 6) is -0.395. The monoisotopic (exact) mass is 325 g/mol. The van der Waals surface area contributed by atoms with Crippen molar-refractivity contribution in [2.75, 3.05) is 20.1 Å². The first-order valence-corrected chi connectivity index (χ1v) is 6.96. The maximum atomic E-state index is 11.8. The Hall–Kier alpha value is -1.92. The summed E-state index contributed by atoms with van der Waals surface area (Å²) in [5.41, 5.74) is 1.40. The summed E-state index contributed by atoms with van der Waals surface area (Å²) in [4.78, 5) is 36.2. The zero-order chi connectivity index (χ0) is 15.2. The van der Waals surface area contributed by atoms with Gasteiger partial charge in [0.1, 0.15) is 0 Å². The van der Waals surface area contributed by atoms with Crippen molar-refractivity contribution in [3.8, 4) is 0 Å². The molecule has 1 saturated heterocycles. The first kappa shape index (κ1) is 18.1. The number of hydrogen-bond acceptors (Lipinski definition) is 4. The molecule has 1 heterocycles. The molecule has 0 atom stereocenters. The van der Waals surface area contributed by atoms with Crippen LogP contribution in [0.4, 0.5) is 0 Å². The van der Waals surface area contributed by atoms with Gasteiger partial charge in [0, 0.05) is 31.5 Å². The molecular formula is C15H20ClN3O3. The summed E-state index contributed by atoms with van der Waals surface area (Å²) in [5, 5.41) is 5.73. The van der Waals surface area contributed by atoms with Crippen LogP contribution in [0.15, 0.2) is 24.3 Å². The standard InChI is InChI=1S/C15H19N3O3.ClH/c1-16-8-9-17-15(21)12-4-2-11(3-5-12)10-18-13(19)6-7-14(18)20;/h2-5,16H,6-10H2,1H3,(H,17,21);1H. The van der Waals surface area contributed by atoms with Gasteiger partial charge >= 0.3 is 0 Å². The molecule has 1 aliphatic heterocycles. The lowest BCUT2D eigenvalue weighted by Crippen LogP contribution is -2.30. The van der Waals surface area contributed by atoms with Crippen LogP contribution in [0, 0.1) is 0 Å². The number of carbonyl (C=O) groups excluding carboxylic acids is 3. The Kier molecular flexibility index (Phi) is 7.01. The SMILES string of the molecule is CNCCNC(=O)c1ccc(CN2C(=O)CCC2=O)cc1.Cl. The van der Waals surface area contributed by atoms with Crippen molar-refractivity contribution in [3.05, 3.63) is 35.4 Å². The minimum Gasteiger partial charge on any atom is -0.351 e. The highest BCUT2D eigenvalue weighted by Crippen LogP contribution is 2.16. The van der Waals surface area contributed by atoms with Crippen molar-refractivity contribution in [2.24, 2.45) is 0 Å². The van der Waals surface area contributed by atoms with Crippen LogP contribution >= 0.6 is 12.4 Å². The Morgan fingerprint density at radius 1 is 1.09 bits per heavy atom. The molecule has 3 amide bonds. The number of amides is 3. The van der Waals surface area contributed by atoms with E-state index in [1.807, 2.05) is 7.05 Å². The van der Waals surface area contributed by atoms with E-state index < -0.39 is 0 Å². The molecule has 0 aliphatic carbocycles. The Morgan fingerprint density at radius 2 is 1.68 bits per heavy atom. The second kappa shape index (κ2) is 8.51. The fourth-order valence-electron chi connectivity index (χ4n) is 2.15. The fraction of sp³-hybridized carbons (Fsp3) is 0.400. The van der Waals surface area contributed by atoms with Crippen molar-refractivity contribution < 1.29 is 14.4 Å². The van der Waals surface area contributed by atoms with Crippen LogP contribution in [0.5, 0.6) is 0 Å². The van der Waals surface area contributed by atoms with E-state index in [-0.39, 0.29) is 36.7 Å². The first-order valence-electron chi connectivity index (χ1n) is 6.96. The third-order valence-corrected chi connectivity index (χ3v) is 3.37. The van der Waals surface area contributed by atoms with E-state index >= 15 is 0 Å². The predicted octanol–water partition coefficient (Wildman–Crippen LogP) is 0.707. The van der Waals surface area contributed by atoms with Crippen molar-refractivity contribution in [1.82, 2.24) is 15.5 Å². The van der Waals surface area contributed by atoms with E-state index in [4.69, 9.17) is 0 Å². The van der Waals surface area contributed by atoms with Crippen molar-refractivity contribution in [3.63, 3.8) is 0 Å². The molecular weight excluding hydrogens is 306 g/mol. The molecule has 0 radical (unpaired) electrons. The number of hydrogen-bond donors (Lipinski definition) is 2. The predicted molar refractivity (Wildman–Crippen MR) is 84.7 cm³/mol. The number of halogens is 1. The van der Waals surface area contributed by atoms with Gasteiger partial charge < -0.3 is 10.6 Å². The van der Waals surface area contributed by atoms with Gasteiger partial charge in [0.2, 0.25) is 11.8 Å². The second-order valence-electron chi connectivity index (χ2n) is 4.93. The van der Waals surface area contributed by atoms with Gasteiger partial charge in [-0.1, -0.05) is 12.1 Å². The summed E-state index contributed by atoms with van der Waals surface area (Å²) in [6.07, 6.45) is 0.593. The van der Waals surface area contributed by atoms with E-state index in [0.717, 1.165) is 5.56 Å². The maximum absolute atomic E-state index is 11.8. The third kappa shape index (κ3) is 4.54. The van der Waals surface area contributed by atoms with Crippen molar-refractivity contribution in [1.29, 1.82) is 0 Å². The van der Waals surface area contributed by atoms with E-state index in [2.05, 4.69) is 10.6 Å². The van der Waals surface area contributed by atoms with Gasteiger partial charge in [0.05, 0.1) is 6.54 Å². The normalized spacial score (nSPS) is 14.0. The average molecular weight is 326 g/mol. The zero-order valence-electron chi connectivity index (χ0n) is 12.4. The summed E-state index contributed by atoms with van der Waals surface area (Å²) in [6, 6.07) is 6.95. The maximum Gasteiger partial charge on any atom is 0.251 e. The second-order valence-corrected chi connectivity index (χ2v) is 4.93. The van der Waals surface area contributed by atoms with Crippen LogP contribution < -0.4 is 10.6 Å². The first-order chi connectivity index (χ1) is 10.1. The van der Waals surface area contributed by atoms with E-state index in [1.165, 1.54) is 4.90 Å². The lowest BCUT2D eigenvalue weighted by Gasteiger charge is -2.14. The number of benzene rings is 1. The highest BCUT2D eigenvalue weighted by Gasteiger charge is 2.28. The Bertz CT molecular complexity index is 529. The van der Waals surface area contributed by atoms with Crippen molar-refractivity contribution >= 4 is 30.1 Å². The van der Waals surface area contributed by atoms with Gasteiger partial charge in [-0.25, -0.2) is 0 Å². The highest BCUT2D eigenvalue weighted by molar-refractivity contribution is 6.01. The molecule has 1 aromatic carbocycles.